The topological polar surface area (TPSA) is 36.1 Å². The first-order valence-electron chi connectivity index (χ1n) is 5.69. The van der Waals surface area contributed by atoms with Gasteiger partial charge in [0.1, 0.15) is 0 Å². The van der Waals surface area contributed by atoms with Crippen LogP contribution in [0.3, 0.4) is 0 Å². The van der Waals surface area contributed by atoms with E-state index in [1.165, 1.54) is 10.8 Å². The second-order valence-electron chi connectivity index (χ2n) is 3.81. The second kappa shape index (κ2) is 6.02. The first-order chi connectivity index (χ1) is 8.79. The summed E-state index contributed by atoms with van der Waals surface area (Å²) in [6.45, 7) is 4.26. The van der Waals surface area contributed by atoms with Gasteiger partial charge in [-0.1, -0.05) is 36.4 Å². The van der Waals surface area contributed by atoms with Crippen LogP contribution in [0.4, 0.5) is 5.69 Å². The van der Waals surface area contributed by atoms with E-state index in [1.807, 2.05) is 18.2 Å². The molecule has 0 heterocycles. The first kappa shape index (κ1) is 12.4. The predicted octanol–water partition coefficient (Wildman–Crippen LogP) is 2.82. The quantitative estimate of drug-likeness (QED) is 0.447. The highest BCUT2D eigenvalue weighted by Crippen LogP contribution is 2.17. The van der Waals surface area contributed by atoms with Crippen LogP contribution < -0.4 is 16.2 Å². The van der Waals surface area contributed by atoms with Crippen LogP contribution >= 0.6 is 12.2 Å². The molecule has 3 N–H and O–H groups in total. The van der Waals surface area contributed by atoms with Crippen molar-refractivity contribution >= 4 is 33.8 Å². The Labute approximate surface area is 112 Å². The molecule has 0 bridgehead atoms. The van der Waals surface area contributed by atoms with Gasteiger partial charge in [0.15, 0.2) is 5.11 Å². The molecule has 0 amide bonds. The molecule has 0 aliphatic carbocycles. The summed E-state index contributed by atoms with van der Waals surface area (Å²) in [5, 5.41) is 5.93. The molecule has 0 atom stereocenters. The lowest BCUT2D eigenvalue weighted by Gasteiger charge is -2.11. The van der Waals surface area contributed by atoms with Gasteiger partial charge in [-0.05, 0) is 35.1 Å². The van der Waals surface area contributed by atoms with E-state index in [2.05, 4.69) is 47.0 Å². The zero-order chi connectivity index (χ0) is 12.8. The van der Waals surface area contributed by atoms with E-state index < -0.39 is 0 Å². The van der Waals surface area contributed by atoms with Crippen LogP contribution in [0.15, 0.2) is 55.1 Å². The summed E-state index contributed by atoms with van der Waals surface area (Å²) in [5.74, 6) is 0. The van der Waals surface area contributed by atoms with Crippen LogP contribution in [0.2, 0.25) is 0 Å². The maximum atomic E-state index is 5.08. The Hall–Kier alpha value is -2.07. The molecule has 0 unspecified atom stereocenters. The summed E-state index contributed by atoms with van der Waals surface area (Å²) in [4.78, 5) is 0. The number of nitrogens with one attached hydrogen (secondary N) is 3. The molecular weight excluding hydrogens is 242 g/mol. The Kier molecular flexibility index (Phi) is 4.15. The van der Waals surface area contributed by atoms with Crippen molar-refractivity contribution in [1.29, 1.82) is 0 Å². The molecule has 0 saturated heterocycles. The van der Waals surface area contributed by atoms with Gasteiger partial charge >= 0.3 is 0 Å². The molecule has 92 valence electrons. The normalized spacial score (nSPS) is 9.78. The average molecular weight is 257 g/mol. The van der Waals surface area contributed by atoms with Gasteiger partial charge in [0.25, 0.3) is 0 Å². The molecule has 0 aromatic heterocycles. The van der Waals surface area contributed by atoms with Crippen molar-refractivity contribution in [1.82, 2.24) is 10.7 Å². The lowest BCUT2D eigenvalue weighted by atomic mass is 10.1. The third-order valence-electron chi connectivity index (χ3n) is 2.48. The van der Waals surface area contributed by atoms with Crippen LogP contribution in [0, 0.1) is 0 Å². The minimum atomic E-state index is 0.544. The maximum absolute atomic E-state index is 5.08. The number of fused-ring (bicyclic) bond motifs is 1. The Morgan fingerprint density at radius 2 is 1.94 bits per heavy atom. The van der Waals surface area contributed by atoms with E-state index in [0.717, 1.165) is 5.69 Å². The van der Waals surface area contributed by atoms with E-state index in [9.17, 15) is 0 Å². The highest BCUT2D eigenvalue weighted by Gasteiger charge is 1.96. The summed E-state index contributed by atoms with van der Waals surface area (Å²) in [5.41, 5.74) is 6.95. The summed E-state index contributed by atoms with van der Waals surface area (Å²) in [7, 11) is 0. The summed E-state index contributed by atoms with van der Waals surface area (Å²) in [6, 6.07) is 14.4. The largest absolute Gasteiger partial charge is 0.358 e. The zero-order valence-corrected chi connectivity index (χ0v) is 10.8. The fourth-order valence-corrected chi connectivity index (χ4v) is 1.74. The third kappa shape index (κ3) is 3.21. The lowest BCUT2D eigenvalue weighted by molar-refractivity contribution is 0.979. The Balaban J connectivity index is 1.99. The van der Waals surface area contributed by atoms with Crippen molar-refractivity contribution in [3.05, 3.63) is 55.1 Å². The number of hydrogen-bond acceptors (Lipinski definition) is 2. The average Bonchev–Trinajstić information content (AvgIpc) is 2.42. The van der Waals surface area contributed by atoms with Gasteiger partial charge in [-0.3, -0.25) is 10.9 Å². The van der Waals surface area contributed by atoms with Gasteiger partial charge in [0.05, 0.1) is 5.69 Å². The number of hydrogen-bond donors (Lipinski definition) is 3. The lowest BCUT2D eigenvalue weighted by Crippen LogP contribution is -2.38. The van der Waals surface area contributed by atoms with Gasteiger partial charge in [-0.15, -0.1) is 6.58 Å². The smallest absolute Gasteiger partial charge is 0.185 e. The summed E-state index contributed by atoms with van der Waals surface area (Å²) in [6.07, 6.45) is 1.75. The number of benzene rings is 2. The number of hydrazine groups is 1. The van der Waals surface area contributed by atoms with Crippen LogP contribution in [0.1, 0.15) is 0 Å². The molecule has 0 fully saturated rings. The monoisotopic (exact) mass is 257 g/mol. The highest BCUT2D eigenvalue weighted by atomic mass is 32.1. The molecule has 2 rings (SSSR count). The fourth-order valence-electron chi connectivity index (χ4n) is 1.61. The van der Waals surface area contributed by atoms with Crippen molar-refractivity contribution in [3.8, 4) is 0 Å². The summed E-state index contributed by atoms with van der Waals surface area (Å²) < 4.78 is 0. The Morgan fingerprint density at radius 3 is 2.72 bits per heavy atom. The van der Waals surface area contributed by atoms with Crippen molar-refractivity contribution in [2.24, 2.45) is 0 Å². The number of rotatable bonds is 4. The van der Waals surface area contributed by atoms with Crippen molar-refractivity contribution in [2.75, 3.05) is 12.0 Å². The summed E-state index contributed by atoms with van der Waals surface area (Å²) >= 11 is 5.08. The van der Waals surface area contributed by atoms with E-state index in [-0.39, 0.29) is 0 Å². The van der Waals surface area contributed by atoms with Crippen molar-refractivity contribution in [2.45, 2.75) is 0 Å². The molecule has 3 nitrogen and oxygen atoms in total. The van der Waals surface area contributed by atoms with Crippen LogP contribution in [-0.4, -0.2) is 11.7 Å². The second-order valence-corrected chi connectivity index (χ2v) is 4.22. The molecule has 0 saturated carbocycles. The molecule has 2 aromatic rings. The van der Waals surface area contributed by atoms with E-state index in [1.54, 1.807) is 6.08 Å². The molecular formula is C14H15N3S. The number of anilines is 1. The van der Waals surface area contributed by atoms with Gasteiger partial charge in [-0.2, -0.15) is 0 Å². The standard InChI is InChI=1S/C14H15N3S/c1-2-9-15-14(18)17-16-13-8-7-11-5-3-4-6-12(11)10-13/h2-8,10,16H,1,9H2,(H2,15,17,18). The van der Waals surface area contributed by atoms with Gasteiger partial charge < -0.3 is 5.32 Å². The predicted molar refractivity (Wildman–Crippen MR) is 81.5 cm³/mol. The molecule has 0 radical (unpaired) electrons. The van der Waals surface area contributed by atoms with Gasteiger partial charge in [0.2, 0.25) is 0 Å². The fraction of sp³-hybridized carbons (Fsp3) is 0.0714. The highest BCUT2D eigenvalue weighted by molar-refractivity contribution is 7.80. The van der Waals surface area contributed by atoms with Crippen molar-refractivity contribution in [3.63, 3.8) is 0 Å². The maximum Gasteiger partial charge on any atom is 0.185 e. The molecule has 18 heavy (non-hydrogen) atoms. The molecule has 4 heteroatoms. The molecule has 0 aliphatic rings. The Bertz CT molecular complexity index is 566. The van der Waals surface area contributed by atoms with Crippen LogP contribution in [0.25, 0.3) is 10.8 Å². The third-order valence-corrected chi connectivity index (χ3v) is 2.72. The first-order valence-corrected chi connectivity index (χ1v) is 6.10. The molecule has 0 aliphatic heterocycles. The van der Waals surface area contributed by atoms with Crippen molar-refractivity contribution < 1.29 is 0 Å². The minimum Gasteiger partial charge on any atom is -0.358 e. The minimum absolute atomic E-state index is 0.544. The van der Waals surface area contributed by atoms with E-state index in [0.29, 0.717) is 11.7 Å². The zero-order valence-electron chi connectivity index (χ0n) is 9.94. The van der Waals surface area contributed by atoms with Crippen LogP contribution in [-0.2, 0) is 0 Å². The van der Waals surface area contributed by atoms with Gasteiger partial charge in [-0.25, -0.2) is 0 Å². The Morgan fingerprint density at radius 1 is 1.17 bits per heavy atom. The van der Waals surface area contributed by atoms with Crippen LogP contribution in [0.5, 0.6) is 0 Å². The molecule has 0 spiro atoms. The van der Waals surface area contributed by atoms with Gasteiger partial charge in [0, 0.05) is 6.54 Å². The SMILES string of the molecule is C=CCNC(=S)NNc1ccc2ccccc2c1. The number of thiocarbonyl (C=S) groups is 1. The van der Waals surface area contributed by atoms with E-state index in [4.69, 9.17) is 12.2 Å². The molecule has 2 aromatic carbocycles. The van der Waals surface area contributed by atoms with E-state index >= 15 is 0 Å².